The largest absolute Gasteiger partial charge is 0.504 e. The van der Waals surface area contributed by atoms with Crippen LogP contribution in [0.3, 0.4) is 0 Å². The number of esters is 1. The maximum absolute atomic E-state index is 12.1. The third-order valence-electron chi connectivity index (χ3n) is 3.45. The summed E-state index contributed by atoms with van der Waals surface area (Å²) in [5.74, 6) is -2.12. The molecule has 0 aromatic heterocycles. The number of cyclic esters (lactones) is 1. The van der Waals surface area contributed by atoms with Crippen molar-refractivity contribution >= 4 is 23.0 Å². The van der Waals surface area contributed by atoms with Gasteiger partial charge in [-0.15, -0.1) is 0 Å². The van der Waals surface area contributed by atoms with Crippen molar-refractivity contribution in [3.8, 4) is 0 Å². The van der Waals surface area contributed by atoms with E-state index in [0.29, 0.717) is 11.1 Å². The van der Waals surface area contributed by atoms with E-state index in [1.807, 2.05) is 0 Å². The zero-order valence-electron chi connectivity index (χ0n) is 12.0. The lowest BCUT2D eigenvalue weighted by atomic mass is 10.0. The number of benzene rings is 2. The highest BCUT2D eigenvalue weighted by Gasteiger charge is 2.35. The van der Waals surface area contributed by atoms with Crippen LogP contribution in [0.2, 0.25) is 0 Å². The molecule has 5 heteroatoms. The fourth-order valence-corrected chi connectivity index (χ4v) is 2.42. The molecular formula is C18H13NO4. The Morgan fingerprint density at radius 3 is 2.09 bits per heavy atom. The monoisotopic (exact) mass is 307 g/mol. The minimum absolute atomic E-state index is 0.00952. The third-order valence-corrected chi connectivity index (χ3v) is 3.45. The Morgan fingerprint density at radius 1 is 0.957 bits per heavy atom. The molecule has 0 aliphatic carbocycles. The van der Waals surface area contributed by atoms with Gasteiger partial charge in [-0.05, 0) is 11.1 Å². The van der Waals surface area contributed by atoms with Crippen molar-refractivity contribution in [2.45, 2.75) is 0 Å². The molecule has 0 fully saturated rings. The fourth-order valence-electron chi connectivity index (χ4n) is 2.42. The maximum atomic E-state index is 12.1. The zero-order valence-corrected chi connectivity index (χ0v) is 12.0. The minimum atomic E-state index is -0.792. The predicted molar refractivity (Wildman–Crippen MR) is 84.6 cm³/mol. The number of hydrogen-bond acceptors (Lipinski definition) is 4. The SMILES string of the molecule is NC(=O)/C(=C1/OC(=O)C(c2ccccc2)=C1O)c1ccccc1. The Morgan fingerprint density at radius 2 is 1.52 bits per heavy atom. The lowest BCUT2D eigenvalue weighted by Gasteiger charge is -2.07. The summed E-state index contributed by atoms with van der Waals surface area (Å²) in [5.41, 5.74) is 6.35. The molecule has 0 saturated carbocycles. The van der Waals surface area contributed by atoms with E-state index in [4.69, 9.17) is 10.5 Å². The summed E-state index contributed by atoms with van der Waals surface area (Å²) in [5, 5.41) is 10.4. The molecular weight excluding hydrogens is 294 g/mol. The Kier molecular flexibility index (Phi) is 3.68. The van der Waals surface area contributed by atoms with Gasteiger partial charge in [0.2, 0.25) is 0 Å². The van der Waals surface area contributed by atoms with Crippen LogP contribution < -0.4 is 5.73 Å². The van der Waals surface area contributed by atoms with Crippen molar-refractivity contribution in [3.63, 3.8) is 0 Å². The highest BCUT2D eigenvalue weighted by molar-refractivity contribution is 6.26. The van der Waals surface area contributed by atoms with Gasteiger partial charge in [-0.2, -0.15) is 0 Å². The molecule has 0 spiro atoms. The van der Waals surface area contributed by atoms with E-state index in [-0.39, 0.29) is 22.7 Å². The van der Waals surface area contributed by atoms with Gasteiger partial charge in [-0.1, -0.05) is 60.7 Å². The number of primary amides is 1. The van der Waals surface area contributed by atoms with E-state index < -0.39 is 11.9 Å². The molecule has 3 rings (SSSR count). The number of ether oxygens (including phenoxy) is 1. The Hall–Kier alpha value is -3.34. The topological polar surface area (TPSA) is 89.6 Å². The van der Waals surface area contributed by atoms with Crippen LogP contribution in [0.1, 0.15) is 11.1 Å². The first-order valence-corrected chi connectivity index (χ1v) is 6.90. The standard InChI is InChI=1S/C18H13NO4/c19-17(21)14(12-9-5-2-6-10-12)16-15(20)13(18(22)23-16)11-7-3-1-4-8-11/h1-10,20H,(H2,19,21)/b16-14+. The van der Waals surface area contributed by atoms with E-state index in [1.54, 1.807) is 60.7 Å². The molecule has 1 amide bonds. The second kappa shape index (κ2) is 5.81. The highest BCUT2D eigenvalue weighted by Crippen LogP contribution is 2.35. The first-order chi connectivity index (χ1) is 11.1. The molecule has 2 aromatic rings. The number of aliphatic hydroxyl groups excluding tert-OH is 1. The Bertz CT molecular complexity index is 836. The van der Waals surface area contributed by atoms with Crippen molar-refractivity contribution in [2.24, 2.45) is 5.73 Å². The van der Waals surface area contributed by atoms with Gasteiger partial charge in [0, 0.05) is 0 Å². The van der Waals surface area contributed by atoms with E-state index in [9.17, 15) is 14.7 Å². The quantitative estimate of drug-likeness (QED) is 0.673. The van der Waals surface area contributed by atoms with E-state index in [0.717, 1.165) is 0 Å². The van der Waals surface area contributed by atoms with Gasteiger partial charge in [0.25, 0.3) is 5.91 Å². The van der Waals surface area contributed by atoms with Crippen molar-refractivity contribution in [3.05, 3.63) is 83.3 Å². The maximum Gasteiger partial charge on any atom is 0.348 e. The van der Waals surface area contributed by atoms with Crippen LogP contribution in [0.4, 0.5) is 0 Å². The minimum Gasteiger partial charge on any atom is -0.504 e. The molecule has 114 valence electrons. The molecule has 0 bridgehead atoms. The summed E-state index contributed by atoms with van der Waals surface area (Å²) in [6.07, 6.45) is 0. The number of carbonyl (C=O) groups excluding carboxylic acids is 2. The van der Waals surface area contributed by atoms with E-state index >= 15 is 0 Å². The molecule has 3 N–H and O–H groups in total. The molecule has 0 saturated heterocycles. The van der Waals surface area contributed by atoms with Gasteiger partial charge in [-0.25, -0.2) is 4.79 Å². The summed E-state index contributed by atoms with van der Waals surface area (Å²) >= 11 is 0. The van der Waals surface area contributed by atoms with E-state index in [1.165, 1.54) is 0 Å². The van der Waals surface area contributed by atoms with Gasteiger partial charge >= 0.3 is 5.97 Å². The average molecular weight is 307 g/mol. The normalized spacial score (nSPS) is 16.3. The molecule has 23 heavy (non-hydrogen) atoms. The smallest absolute Gasteiger partial charge is 0.348 e. The Labute approximate surface area is 132 Å². The molecule has 1 heterocycles. The van der Waals surface area contributed by atoms with Gasteiger partial charge < -0.3 is 15.6 Å². The van der Waals surface area contributed by atoms with Crippen LogP contribution >= 0.6 is 0 Å². The summed E-state index contributed by atoms with van der Waals surface area (Å²) < 4.78 is 5.13. The zero-order chi connectivity index (χ0) is 16.4. The van der Waals surface area contributed by atoms with Crippen LogP contribution in [0.5, 0.6) is 0 Å². The first-order valence-electron chi connectivity index (χ1n) is 6.90. The number of carbonyl (C=O) groups is 2. The molecule has 1 aliphatic heterocycles. The summed E-state index contributed by atoms with van der Waals surface area (Å²) in [4.78, 5) is 23.9. The molecule has 2 aromatic carbocycles. The Balaban J connectivity index is 2.21. The van der Waals surface area contributed by atoms with Gasteiger partial charge in [0.05, 0.1) is 5.57 Å². The summed E-state index contributed by atoms with van der Waals surface area (Å²) in [7, 11) is 0. The fraction of sp³-hybridized carbons (Fsp3) is 0. The number of aliphatic hydroxyl groups is 1. The number of amides is 1. The van der Waals surface area contributed by atoms with Crippen LogP contribution in [0, 0.1) is 0 Å². The van der Waals surface area contributed by atoms with Crippen LogP contribution in [-0.2, 0) is 14.3 Å². The van der Waals surface area contributed by atoms with Gasteiger partial charge in [0.1, 0.15) is 5.57 Å². The number of rotatable bonds is 3. The molecule has 5 nitrogen and oxygen atoms in total. The van der Waals surface area contributed by atoms with Crippen LogP contribution in [0.25, 0.3) is 11.1 Å². The molecule has 0 atom stereocenters. The van der Waals surface area contributed by atoms with E-state index in [2.05, 4.69) is 0 Å². The van der Waals surface area contributed by atoms with Crippen molar-refractivity contribution in [1.29, 1.82) is 0 Å². The van der Waals surface area contributed by atoms with Gasteiger partial charge in [0.15, 0.2) is 11.5 Å². The second-order valence-electron chi connectivity index (χ2n) is 4.91. The number of hydrogen-bond donors (Lipinski definition) is 2. The molecule has 0 radical (unpaired) electrons. The lowest BCUT2D eigenvalue weighted by Crippen LogP contribution is -2.16. The highest BCUT2D eigenvalue weighted by atomic mass is 16.6. The van der Waals surface area contributed by atoms with Crippen molar-refractivity contribution in [2.75, 3.05) is 0 Å². The predicted octanol–water partition coefficient (Wildman–Crippen LogP) is 2.41. The summed E-state index contributed by atoms with van der Waals surface area (Å²) in [6.45, 7) is 0. The van der Waals surface area contributed by atoms with Crippen LogP contribution in [0.15, 0.2) is 72.2 Å². The summed E-state index contributed by atoms with van der Waals surface area (Å²) in [6, 6.07) is 17.1. The van der Waals surface area contributed by atoms with Crippen molar-refractivity contribution in [1.82, 2.24) is 0 Å². The average Bonchev–Trinajstić information content (AvgIpc) is 2.84. The molecule has 0 unspecified atom stereocenters. The third kappa shape index (κ3) is 2.60. The van der Waals surface area contributed by atoms with Crippen molar-refractivity contribution < 1.29 is 19.4 Å². The number of nitrogens with two attached hydrogens (primary N) is 1. The van der Waals surface area contributed by atoms with Gasteiger partial charge in [-0.3, -0.25) is 4.79 Å². The van der Waals surface area contributed by atoms with Crippen LogP contribution in [-0.4, -0.2) is 17.0 Å². The first kappa shape index (κ1) is 14.6. The molecule has 1 aliphatic rings. The second-order valence-corrected chi connectivity index (χ2v) is 4.91. The lowest BCUT2D eigenvalue weighted by molar-refractivity contribution is -0.131.